The van der Waals surface area contributed by atoms with Crippen LogP contribution in [0.3, 0.4) is 0 Å². The van der Waals surface area contributed by atoms with Gasteiger partial charge in [0.2, 0.25) is 0 Å². The fourth-order valence-corrected chi connectivity index (χ4v) is 1.92. The van der Waals surface area contributed by atoms with Gasteiger partial charge in [-0.1, -0.05) is 23.2 Å². The molecule has 1 unspecified atom stereocenters. The summed E-state index contributed by atoms with van der Waals surface area (Å²) in [5.41, 5.74) is 1.22. The number of rotatable bonds is 2. The zero-order chi connectivity index (χ0) is 11.5. The predicted molar refractivity (Wildman–Crippen MR) is 62.6 cm³/mol. The minimum absolute atomic E-state index is 0.485. The van der Waals surface area contributed by atoms with Crippen LogP contribution in [-0.4, -0.2) is 15.1 Å². The fraction of sp³-hybridized carbons (Fsp3) is 0.0909. The van der Waals surface area contributed by atoms with Crippen molar-refractivity contribution < 1.29 is 5.11 Å². The van der Waals surface area contributed by atoms with Crippen molar-refractivity contribution in [1.29, 1.82) is 0 Å². The van der Waals surface area contributed by atoms with Gasteiger partial charge < -0.3 is 5.11 Å². The number of hydrogen-bond donors (Lipinski definition) is 1. The first kappa shape index (κ1) is 11.3. The zero-order valence-corrected chi connectivity index (χ0v) is 9.65. The standard InChI is InChI=1S/C11H8Cl2N2O/c12-9-1-7(2-10(13)3-9)11(16)8-4-14-6-15-5-8/h1-6,11,16H. The first-order chi connectivity index (χ1) is 7.66. The molecule has 0 bridgehead atoms. The minimum atomic E-state index is -0.822. The molecule has 1 aromatic heterocycles. The summed E-state index contributed by atoms with van der Waals surface area (Å²) in [6.45, 7) is 0. The summed E-state index contributed by atoms with van der Waals surface area (Å²) < 4.78 is 0. The number of aliphatic hydroxyl groups excluding tert-OH is 1. The number of aliphatic hydroxyl groups is 1. The molecule has 1 N–H and O–H groups in total. The van der Waals surface area contributed by atoms with Crippen LogP contribution in [0.4, 0.5) is 0 Å². The monoisotopic (exact) mass is 254 g/mol. The van der Waals surface area contributed by atoms with Gasteiger partial charge in [-0.05, 0) is 23.8 Å². The van der Waals surface area contributed by atoms with E-state index in [1.165, 1.54) is 6.33 Å². The minimum Gasteiger partial charge on any atom is -0.384 e. The van der Waals surface area contributed by atoms with E-state index in [0.717, 1.165) is 0 Å². The third kappa shape index (κ3) is 2.50. The average molecular weight is 255 g/mol. The maximum atomic E-state index is 10.0. The van der Waals surface area contributed by atoms with Crippen molar-refractivity contribution >= 4 is 23.2 Å². The molecule has 0 aliphatic rings. The molecule has 0 radical (unpaired) electrons. The van der Waals surface area contributed by atoms with Gasteiger partial charge in [-0.25, -0.2) is 9.97 Å². The summed E-state index contributed by atoms with van der Waals surface area (Å²) in [7, 11) is 0. The van der Waals surface area contributed by atoms with E-state index < -0.39 is 6.10 Å². The third-order valence-corrected chi connectivity index (χ3v) is 2.53. The number of hydrogen-bond acceptors (Lipinski definition) is 3. The maximum absolute atomic E-state index is 10.0. The fourth-order valence-electron chi connectivity index (χ4n) is 1.38. The second-order valence-corrected chi connectivity index (χ2v) is 4.15. The lowest BCUT2D eigenvalue weighted by atomic mass is 10.0. The highest BCUT2D eigenvalue weighted by Crippen LogP contribution is 2.26. The molecule has 0 amide bonds. The van der Waals surface area contributed by atoms with Crippen LogP contribution < -0.4 is 0 Å². The molecule has 1 atom stereocenters. The highest BCUT2D eigenvalue weighted by Gasteiger charge is 2.12. The number of aromatic nitrogens is 2. The number of benzene rings is 1. The van der Waals surface area contributed by atoms with E-state index in [4.69, 9.17) is 23.2 Å². The molecule has 16 heavy (non-hydrogen) atoms. The Balaban J connectivity index is 2.37. The van der Waals surface area contributed by atoms with Crippen molar-refractivity contribution in [3.05, 3.63) is 58.1 Å². The van der Waals surface area contributed by atoms with Crippen molar-refractivity contribution in [3.8, 4) is 0 Å². The lowest BCUT2D eigenvalue weighted by Crippen LogP contribution is -2.00. The summed E-state index contributed by atoms with van der Waals surface area (Å²) >= 11 is 11.7. The lowest BCUT2D eigenvalue weighted by molar-refractivity contribution is 0.219. The smallest absolute Gasteiger partial charge is 0.115 e. The van der Waals surface area contributed by atoms with Gasteiger partial charge in [0.1, 0.15) is 12.4 Å². The Morgan fingerprint density at radius 3 is 2.06 bits per heavy atom. The Hall–Kier alpha value is -1.16. The molecular weight excluding hydrogens is 247 g/mol. The zero-order valence-electron chi connectivity index (χ0n) is 8.14. The van der Waals surface area contributed by atoms with Gasteiger partial charge in [0.05, 0.1) is 0 Å². The second kappa shape index (κ2) is 4.78. The molecular formula is C11H8Cl2N2O. The van der Waals surface area contributed by atoms with E-state index in [2.05, 4.69) is 9.97 Å². The molecule has 0 spiro atoms. The average Bonchev–Trinajstić information content (AvgIpc) is 2.28. The van der Waals surface area contributed by atoms with Crippen molar-refractivity contribution in [2.24, 2.45) is 0 Å². The Morgan fingerprint density at radius 1 is 0.938 bits per heavy atom. The Labute approximate surface area is 103 Å². The summed E-state index contributed by atoms with van der Waals surface area (Å²) in [5.74, 6) is 0. The summed E-state index contributed by atoms with van der Waals surface area (Å²) in [6.07, 6.45) is 3.68. The highest BCUT2D eigenvalue weighted by atomic mass is 35.5. The van der Waals surface area contributed by atoms with Crippen LogP contribution in [0.15, 0.2) is 36.9 Å². The second-order valence-electron chi connectivity index (χ2n) is 3.28. The molecule has 0 aliphatic heterocycles. The van der Waals surface area contributed by atoms with Crippen LogP contribution in [-0.2, 0) is 0 Å². The molecule has 0 saturated carbocycles. The van der Waals surface area contributed by atoms with Crippen LogP contribution in [0, 0.1) is 0 Å². The van der Waals surface area contributed by atoms with Gasteiger partial charge in [0, 0.05) is 28.0 Å². The largest absolute Gasteiger partial charge is 0.384 e. The van der Waals surface area contributed by atoms with E-state index in [9.17, 15) is 5.11 Å². The van der Waals surface area contributed by atoms with Gasteiger partial charge in [-0.2, -0.15) is 0 Å². The van der Waals surface area contributed by atoms with Crippen LogP contribution in [0.1, 0.15) is 17.2 Å². The Kier molecular flexibility index (Phi) is 3.39. The summed E-state index contributed by atoms with van der Waals surface area (Å²) in [4.78, 5) is 7.68. The van der Waals surface area contributed by atoms with Gasteiger partial charge >= 0.3 is 0 Å². The molecule has 2 aromatic rings. The van der Waals surface area contributed by atoms with E-state index in [-0.39, 0.29) is 0 Å². The molecule has 82 valence electrons. The first-order valence-corrected chi connectivity index (χ1v) is 5.31. The van der Waals surface area contributed by atoms with E-state index in [1.807, 2.05) is 0 Å². The van der Waals surface area contributed by atoms with E-state index >= 15 is 0 Å². The van der Waals surface area contributed by atoms with Gasteiger partial charge in [0.25, 0.3) is 0 Å². The van der Waals surface area contributed by atoms with E-state index in [1.54, 1.807) is 30.6 Å². The van der Waals surface area contributed by atoms with Crippen molar-refractivity contribution in [2.75, 3.05) is 0 Å². The lowest BCUT2D eigenvalue weighted by Gasteiger charge is -2.11. The summed E-state index contributed by atoms with van der Waals surface area (Å²) in [6, 6.07) is 4.93. The molecule has 0 fully saturated rings. The maximum Gasteiger partial charge on any atom is 0.115 e. The quantitative estimate of drug-likeness (QED) is 0.897. The van der Waals surface area contributed by atoms with Gasteiger partial charge in [-0.15, -0.1) is 0 Å². The Morgan fingerprint density at radius 2 is 1.50 bits per heavy atom. The first-order valence-electron chi connectivity index (χ1n) is 4.56. The molecule has 2 rings (SSSR count). The third-order valence-electron chi connectivity index (χ3n) is 2.10. The molecule has 0 saturated heterocycles. The van der Waals surface area contributed by atoms with Crippen LogP contribution >= 0.6 is 23.2 Å². The molecule has 5 heteroatoms. The summed E-state index contributed by atoms with van der Waals surface area (Å²) in [5, 5.41) is 11.0. The van der Waals surface area contributed by atoms with Crippen molar-refractivity contribution in [3.63, 3.8) is 0 Å². The van der Waals surface area contributed by atoms with Crippen molar-refractivity contribution in [1.82, 2.24) is 9.97 Å². The topological polar surface area (TPSA) is 46.0 Å². The molecule has 1 heterocycles. The highest BCUT2D eigenvalue weighted by molar-refractivity contribution is 6.34. The van der Waals surface area contributed by atoms with E-state index in [0.29, 0.717) is 21.2 Å². The molecule has 1 aromatic carbocycles. The molecule has 3 nitrogen and oxygen atoms in total. The van der Waals surface area contributed by atoms with Gasteiger partial charge in [-0.3, -0.25) is 0 Å². The predicted octanol–water partition coefficient (Wildman–Crippen LogP) is 2.87. The Bertz CT molecular complexity index is 470. The normalized spacial score (nSPS) is 12.4. The van der Waals surface area contributed by atoms with Gasteiger partial charge in [0.15, 0.2) is 0 Å². The SMILES string of the molecule is OC(c1cncnc1)c1cc(Cl)cc(Cl)c1. The number of nitrogens with zero attached hydrogens (tertiary/aromatic N) is 2. The number of halogens is 2. The van der Waals surface area contributed by atoms with Crippen LogP contribution in [0.2, 0.25) is 10.0 Å². The van der Waals surface area contributed by atoms with Crippen molar-refractivity contribution in [2.45, 2.75) is 6.10 Å². The van der Waals surface area contributed by atoms with Crippen LogP contribution in [0.25, 0.3) is 0 Å². The molecule has 0 aliphatic carbocycles. The van der Waals surface area contributed by atoms with Crippen LogP contribution in [0.5, 0.6) is 0 Å².